The normalized spacial score (nSPS) is 11.6. The van der Waals surface area contributed by atoms with Gasteiger partial charge in [0.2, 0.25) is 0 Å². The molecule has 8 heteroatoms. The van der Waals surface area contributed by atoms with Crippen molar-refractivity contribution in [1.29, 1.82) is 0 Å². The van der Waals surface area contributed by atoms with Gasteiger partial charge >= 0.3 is 5.97 Å². The molecule has 0 bridgehead atoms. The number of hydrogen-bond acceptors (Lipinski definition) is 5. The molecule has 3 rings (SSSR count). The lowest BCUT2D eigenvalue weighted by Crippen LogP contribution is -2.22. The number of carbonyl (C=O) groups is 2. The van der Waals surface area contributed by atoms with E-state index in [9.17, 15) is 9.59 Å². The first-order chi connectivity index (χ1) is 12.5. The van der Waals surface area contributed by atoms with Gasteiger partial charge in [-0.1, -0.05) is 29.0 Å². The van der Waals surface area contributed by atoms with E-state index in [0.717, 1.165) is 4.70 Å². The molecule has 134 valence electrons. The van der Waals surface area contributed by atoms with Crippen LogP contribution in [0.1, 0.15) is 10.4 Å². The summed E-state index contributed by atoms with van der Waals surface area (Å²) in [5, 5.41) is 0.473. The van der Waals surface area contributed by atoms with Gasteiger partial charge < -0.3 is 14.0 Å². The molecule has 1 amide bonds. The lowest BCUT2D eigenvalue weighted by atomic mass is 10.2. The summed E-state index contributed by atoms with van der Waals surface area (Å²) in [6, 6.07) is 12.0. The summed E-state index contributed by atoms with van der Waals surface area (Å²) in [6.07, 6.45) is 0. The average Bonchev–Trinajstić information content (AvgIpc) is 3.00. The fourth-order valence-electron chi connectivity index (χ4n) is 2.40. The number of rotatable bonds is 4. The number of fused-ring (bicyclic) bond motifs is 1. The lowest BCUT2D eigenvalue weighted by molar-refractivity contribution is -0.141. The molecular formula is C18H15ClN2O4S. The molecule has 0 aliphatic rings. The molecule has 0 saturated heterocycles. The fourth-order valence-corrected chi connectivity index (χ4v) is 3.78. The number of esters is 1. The highest BCUT2D eigenvalue weighted by Crippen LogP contribution is 2.25. The zero-order chi connectivity index (χ0) is 18.7. The zero-order valence-electron chi connectivity index (χ0n) is 14.1. The molecule has 0 aliphatic heterocycles. The third-order valence-electron chi connectivity index (χ3n) is 3.70. The van der Waals surface area contributed by atoms with Gasteiger partial charge in [0.1, 0.15) is 12.3 Å². The number of methoxy groups -OCH3 is 2. The first kappa shape index (κ1) is 18.2. The van der Waals surface area contributed by atoms with Crippen molar-refractivity contribution in [3.63, 3.8) is 0 Å². The number of para-hydroxylation sites is 1. The van der Waals surface area contributed by atoms with Crippen LogP contribution in [0.25, 0.3) is 10.2 Å². The van der Waals surface area contributed by atoms with Crippen molar-refractivity contribution in [2.24, 2.45) is 4.99 Å². The number of halogens is 1. The molecular weight excluding hydrogens is 376 g/mol. The summed E-state index contributed by atoms with van der Waals surface area (Å²) in [4.78, 5) is 28.9. The van der Waals surface area contributed by atoms with E-state index in [2.05, 4.69) is 4.99 Å². The van der Waals surface area contributed by atoms with Gasteiger partial charge in [-0.25, -0.2) is 0 Å². The van der Waals surface area contributed by atoms with Gasteiger partial charge in [-0.05, 0) is 36.4 Å². The van der Waals surface area contributed by atoms with Gasteiger partial charge in [0.15, 0.2) is 4.80 Å². The Labute approximate surface area is 158 Å². The Kier molecular flexibility index (Phi) is 5.39. The first-order valence-electron chi connectivity index (χ1n) is 7.61. The molecule has 0 N–H and O–H groups in total. The number of aromatic nitrogens is 1. The van der Waals surface area contributed by atoms with Crippen molar-refractivity contribution in [2.45, 2.75) is 6.54 Å². The van der Waals surface area contributed by atoms with Crippen LogP contribution in [0.2, 0.25) is 5.02 Å². The molecule has 3 aromatic rings. The van der Waals surface area contributed by atoms with E-state index in [1.54, 1.807) is 48.1 Å². The van der Waals surface area contributed by atoms with Crippen molar-refractivity contribution < 1.29 is 19.1 Å². The molecule has 26 heavy (non-hydrogen) atoms. The number of ether oxygens (including phenoxy) is 2. The van der Waals surface area contributed by atoms with Crippen molar-refractivity contribution in [1.82, 2.24) is 4.57 Å². The van der Waals surface area contributed by atoms with Gasteiger partial charge in [0.05, 0.1) is 29.5 Å². The van der Waals surface area contributed by atoms with Gasteiger partial charge in [0, 0.05) is 5.56 Å². The van der Waals surface area contributed by atoms with Crippen LogP contribution in [0.15, 0.2) is 47.5 Å². The predicted molar refractivity (Wildman–Crippen MR) is 99.7 cm³/mol. The zero-order valence-corrected chi connectivity index (χ0v) is 15.6. The van der Waals surface area contributed by atoms with Gasteiger partial charge in [0.25, 0.3) is 5.91 Å². The molecule has 1 aromatic heterocycles. The second kappa shape index (κ2) is 7.72. The number of carbonyl (C=O) groups excluding carboxylic acids is 2. The SMILES string of the molecule is COC(=O)Cn1c(=NC(=O)c2ccc(OC)cc2)sc2cccc(Cl)c21. The second-order valence-electron chi connectivity index (χ2n) is 5.28. The highest BCUT2D eigenvalue weighted by Gasteiger charge is 2.14. The Morgan fingerprint density at radius 2 is 1.88 bits per heavy atom. The van der Waals surface area contributed by atoms with E-state index >= 15 is 0 Å². The van der Waals surface area contributed by atoms with Crippen LogP contribution in [-0.4, -0.2) is 30.7 Å². The molecule has 0 radical (unpaired) electrons. The molecule has 0 unspecified atom stereocenters. The van der Waals surface area contributed by atoms with Crippen LogP contribution in [0.5, 0.6) is 5.75 Å². The summed E-state index contributed by atoms with van der Waals surface area (Å²) < 4.78 is 12.2. The summed E-state index contributed by atoms with van der Waals surface area (Å²) in [7, 11) is 2.86. The van der Waals surface area contributed by atoms with E-state index < -0.39 is 11.9 Å². The molecule has 0 fully saturated rings. The minimum Gasteiger partial charge on any atom is -0.497 e. The first-order valence-corrected chi connectivity index (χ1v) is 8.80. The third kappa shape index (κ3) is 3.63. The average molecular weight is 391 g/mol. The van der Waals surface area contributed by atoms with Crippen LogP contribution >= 0.6 is 22.9 Å². The van der Waals surface area contributed by atoms with E-state index in [1.807, 2.05) is 6.07 Å². The lowest BCUT2D eigenvalue weighted by Gasteiger charge is -2.05. The van der Waals surface area contributed by atoms with Crippen molar-refractivity contribution >= 4 is 45.0 Å². The van der Waals surface area contributed by atoms with Gasteiger partial charge in [-0.15, -0.1) is 0 Å². The summed E-state index contributed by atoms with van der Waals surface area (Å²) in [6.45, 7) is -0.0883. The molecule has 1 heterocycles. The van der Waals surface area contributed by atoms with Crippen LogP contribution in [0.4, 0.5) is 0 Å². The Morgan fingerprint density at radius 3 is 2.54 bits per heavy atom. The highest BCUT2D eigenvalue weighted by atomic mass is 35.5. The Balaban J connectivity index is 2.11. The van der Waals surface area contributed by atoms with Gasteiger partial charge in [-0.2, -0.15) is 4.99 Å². The quantitative estimate of drug-likeness (QED) is 0.641. The maximum Gasteiger partial charge on any atom is 0.325 e. The van der Waals surface area contributed by atoms with Gasteiger partial charge in [-0.3, -0.25) is 9.59 Å². The van der Waals surface area contributed by atoms with E-state index in [-0.39, 0.29) is 6.54 Å². The number of amides is 1. The molecule has 0 saturated carbocycles. The molecule has 0 atom stereocenters. The molecule has 2 aromatic carbocycles. The van der Waals surface area contributed by atoms with Crippen molar-refractivity contribution in [3.05, 3.63) is 57.9 Å². The van der Waals surface area contributed by atoms with E-state index in [4.69, 9.17) is 21.1 Å². The van der Waals surface area contributed by atoms with Crippen LogP contribution in [-0.2, 0) is 16.1 Å². The van der Waals surface area contributed by atoms with Crippen molar-refractivity contribution in [3.8, 4) is 5.75 Å². The van der Waals surface area contributed by atoms with Crippen LogP contribution in [0, 0.1) is 0 Å². The molecule has 0 aliphatic carbocycles. The third-order valence-corrected chi connectivity index (χ3v) is 5.05. The Hall–Kier alpha value is -2.64. The van der Waals surface area contributed by atoms with E-state index in [0.29, 0.717) is 26.7 Å². The largest absolute Gasteiger partial charge is 0.497 e. The fraction of sp³-hybridized carbons (Fsp3) is 0.167. The number of benzene rings is 2. The number of hydrogen-bond donors (Lipinski definition) is 0. The van der Waals surface area contributed by atoms with Crippen LogP contribution < -0.4 is 9.54 Å². The van der Waals surface area contributed by atoms with Crippen molar-refractivity contribution in [2.75, 3.05) is 14.2 Å². The minimum absolute atomic E-state index is 0.0883. The second-order valence-corrected chi connectivity index (χ2v) is 6.70. The number of nitrogens with zero attached hydrogens (tertiary/aromatic N) is 2. The smallest absolute Gasteiger partial charge is 0.325 e. The topological polar surface area (TPSA) is 69.9 Å². The minimum atomic E-state index is -0.456. The summed E-state index contributed by atoms with van der Waals surface area (Å²) in [5.74, 6) is -0.229. The standard InChI is InChI=1S/C18H15ClN2O4S/c1-24-12-8-6-11(7-9-12)17(23)20-18-21(10-15(22)25-2)16-13(19)4-3-5-14(16)26-18/h3-9H,10H2,1-2H3. The maximum absolute atomic E-state index is 12.5. The monoisotopic (exact) mass is 390 g/mol. The number of thiazole rings is 1. The maximum atomic E-state index is 12.5. The highest BCUT2D eigenvalue weighted by molar-refractivity contribution is 7.16. The Morgan fingerprint density at radius 1 is 1.15 bits per heavy atom. The van der Waals surface area contributed by atoms with E-state index in [1.165, 1.54) is 18.4 Å². The summed E-state index contributed by atoms with van der Waals surface area (Å²) >= 11 is 7.56. The molecule has 0 spiro atoms. The Bertz CT molecular complexity index is 1040. The van der Waals surface area contributed by atoms with Crippen LogP contribution in [0.3, 0.4) is 0 Å². The summed E-state index contributed by atoms with van der Waals surface area (Å²) in [5.41, 5.74) is 1.06. The predicted octanol–water partition coefficient (Wildman–Crippen LogP) is 3.28. The molecule has 6 nitrogen and oxygen atoms in total.